The van der Waals surface area contributed by atoms with Crippen LogP contribution in [0.5, 0.6) is 0 Å². The monoisotopic (exact) mass is 376 g/mol. The molecule has 0 heterocycles. The number of amides is 2. The van der Waals surface area contributed by atoms with Crippen LogP contribution in [-0.2, 0) is 6.42 Å². The summed E-state index contributed by atoms with van der Waals surface area (Å²) in [4.78, 5) is 24.4. The Hall–Kier alpha value is -2.04. The van der Waals surface area contributed by atoms with Gasteiger partial charge in [0, 0.05) is 33.8 Å². The molecule has 0 unspecified atom stereocenters. The third kappa shape index (κ3) is 4.97. The molecule has 2 amide bonds. The summed E-state index contributed by atoms with van der Waals surface area (Å²) in [5.41, 5.74) is 1.88. The minimum atomic E-state index is -0.217. The van der Waals surface area contributed by atoms with Crippen molar-refractivity contribution < 1.29 is 9.59 Å². The molecule has 0 radical (unpaired) electrons. The van der Waals surface area contributed by atoms with Gasteiger partial charge in [-0.3, -0.25) is 9.59 Å². The molecule has 2 N–H and O–H groups in total. The number of halogens is 2. The van der Waals surface area contributed by atoms with E-state index in [0.717, 1.165) is 18.4 Å². The standard InChI is InChI=1S/C19H18Cl2N2O2/c20-15-5-4-12(17(21)11-15)8-9-22-18(24)13-2-1-3-14(10-13)19(25)23-16-6-7-16/h1-5,10-11,16H,6-9H2,(H,22,24)(H,23,25). The normalized spacial score (nSPS) is 13.4. The van der Waals surface area contributed by atoms with Crippen LogP contribution >= 0.6 is 23.2 Å². The van der Waals surface area contributed by atoms with E-state index in [9.17, 15) is 9.59 Å². The minimum Gasteiger partial charge on any atom is -0.352 e. The van der Waals surface area contributed by atoms with E-state index < -0.39 is 0 Å². The second kappa shape index (κ2) is 7.89. The number of carbonyl (C=O) groups excluding carboxylic acids is 2. The van der Waals surface area contributed by atoms with Crippen molar-refractivity contribution in [3.05, 3.63) is 69.2 Å². The average molecular weight is 377 g/mol. The van der Waals surface area contributed by atoms with E-state index in [-0.39, 0.29) is 17.9 Å². The number of nitrogens with one attached hydrogen (secondary N) is 2. The molecule has 0 atom stereocenters. The van der Waals surface area contributed by atoms with Gasteiger partial charge in [-0.2, -0.15) is 0 Å². The van der Waals surface area contributed by atoms with E-state index >= 15 is 0 Å². The fourth-order valence-corrected chi connectivity index (χ4v) is 2.94. The zero-order valence-electron chi connectivity index (χ0n) is 13.5. The Morgan fingerprint density at radius 3 is 2.40 bits per heavy atom. The summed E-state index contributed by atoms with van der Waals surface area (Å²) in [6.07, 6.45) is 2.65. The summed E-state index contributed by atoms with van der Waals surface area (Å²) in [5, 5.41) is 6.93. The van der Waals surface area contributed by atoms with Crippen molar-refractivity contribution in [2.45, 2.75) is 25.3 Å². The van der Waals surface area contributed by atoms with Crippen LogP contribution in [0.15, 0.2) is 42.5 Å². The molecule has 0 saturated heterocycles. The maximum Gasteiger partial charge on any atom is 0.251 e. The summed E-state index contributed by atoms with van der Waals surface area (Å²) < 4.78 is 0. The third-order valence-electron chi connectivity index (χ3n) is 3.99. The van der Waals surface area contributed by atoms with Crippen molar-refractivity contribution in [3.8, 4) is 0 Å². The van der Waals surface area contributed by atoms with Crippen LogP contribution in [0.2, 0.25) is 10.0 Å². The zero-order valence-corrected chi connectivity index (χ0v) is 15.0. The number of hydrogen-bond acceptors (Lipinski definition) is 2. The van der Waals surface area contributed by atoms with Gasteiger partial charge in [-0.05, 0) is 55.2 Å². The highest BCUT2D eigenvalue weighted by molar-refractivity contribution is 6.35. The maximum absolute atomic E-state index is 12.3. The number of benzene rings is 2. The first-order chi connectivity index (χ1) is 12.0. The summed E-state index contributed by atoms with van der Waals surface area (Å²) >= 11 is 12.0. The minimum absolute atomic E-state index is 0.134. The molecule has 2 aromatic carbocycles. The first kappa shape index (κ1) is 17.8. The topological polar surface area (TPSA) is 58.2 Å². The van der Waals surface area contributed by atoms with E-state index in [2.05, 4.69) is 10.6 Å². The summed E-state index contributed by atoms with van der Waals surface area (Å²) in [7, 11) is 0. The molecule has 25 heavy (non-hydrogen) atoms. The predicted molar refractivity (Wildman–Crippen MR) is 99.4 cm³/mol. The van der Waals surface area contributed by atoms with Crippen molar-refractivity contribution in [2.75, 3.05) is 6.54 Å². The lowest BCUT2D eigenvalue weighted by atomic mass is 10.1. The fraction of sp³-hybridized carbons (Fsp3) is 0.263. The lowest BCUT2D eigenvalue weighted by Gasteiger charge is -2.08. The van der Waals surface area contributed by atoms with Gasteiger partial charge in [-0.15, -0.1) is 0 Å². The Morgan fingerprint density at radius 1 is 1.00 bits per heavy atom. The van der Waals surface area contributed by atoms with Crippen molar-refractivity contribution in [1.29, 1.82) is 0 Å². The van der Waals surface area contributed by atoms with Gasteiger partial charge in [0.1, 0.15) is 0 Å². The Morgan fingerprint density at radius 2 is 1.72 bits per heavy atom. The molecule has 6 heteroatoms. The molecule has 130 valence electrons. The molecule has 0 bridgehead atoms. The van der Waals surface area contributed by atoms with E-state index in [0.29, 0.717) is 34.1 Å². The number of rotatable bonds is 6. The van der Waals surface area contributed by atoms with Crippen molar-refractivity contribution in [2.24, 2.45) is 0 Å². The summed E-state index contributed by atoms with van der Waals surface area (Å²) in [5.74, 6) is -0.351. The van der Waals surface area contributed by atoms with Crippen LogP contribution in [0, 0.1) is 0 Å². The van der Waals surface area contributed by atoms with Crippen molar-refractivity contribution in [1.82, 2.24) is 10.6 Å². The molecule has 3 rings (SSSR count). The smallest absolute Gasteiger partial charge is 0.251 e. The quantitative estimate of drug-likeness (QED) is 0.803. The van der Waals surface area contributed by atoms with Gasteiger partial charge < -0.3 is 10.6 Å². The van der Waals surface area contributed by atoms with E-state index in [1.807, 2.05) is 6.07 Å². The molecule has 1 aliphatic rings. The predicted octanol–water partition coefficient (Wildman–Crippen LogP) is 3.86. The Balaban J connectivity index is 1.56. The first-order valence-corrected chi connectivity index (χ1v) is 8.91. The van der Waals surface area contributed by atoms with Crippen LogP contribution < -0.4 is 10.6 Å². The first-order valence-electron chi connectivity index (χ1n) is 8.16. The molecule has 1 aliphatic carbocycles. The highest BCUT2D eigenvalue weighted by Gasteiger charge is 2.24. The Labute approximate surface area is 156 Å². The highest BCUT2D eigenvalue weighted by atomic mass is 35.5. The number of carbonyl (C=O) groups is 2. The van der Waals surface area contributed by atoms with Crippen LogP contribution in [0.25, 0.3) is 0 Å². The molecular weight excluding hydrogens is 359 g/mol. The van der Waals surface area contributed by atoms with Gasteiger partial charge >= 0.3 is 0 Å². The van der Waals surface area contributed by atoms with E-state index in [1.165, 1.54) is 0 Å². The van der Waals surface area contributed by atoms with Crippen molar-refractivity contribution in [3.63, 3.8) is 0 Å². The Kier molecular flexibility index (Phi) is 5.61. The second-order valence-electron chi connectivity index (χ2n) is 6.07. The summed E-state index contributed by atoms with van der Waals surface area (Å²) in [6, 6.07) is 12.3. The second-order valence-corrected chi connectivity index (χ2v) is 6.91. The van der Waals surface area contributed by atoms with E-state index in [1.54, 1.807) is 36.4 Å². The average Bonchev–Trinajstić information content (AvgIpc) is 3.41. The number of hydrogen-bond donors (Lipinski definition) is 2. The van der Waals surface area contributed by atoms with Gasteiger partial charge in [-0.25, -0.2) is 0 Å². The van der Waals surface area contributed by atoms with Crippen LogP contribution in [0.4, 0.5) is 0 Å². The molecule has 0 aromatic heterocycles. The lowest BCUT2D eigenvalue weighted by Crippen LogP contribution is -2.27. The SMILES string of the molecule is O=C(NCCc1ccc(Cl)cc1Cl)c1cccc(C(=O)NC2CC2)c1. The highest BCUT2D eigenvalue weighted by Crippen LogP contribution is 2.21. The van der Waals surface area contributed by atoms with Gasteiger partial charge in [0.15, 0.2) is 0 Å². The van der Waals surface area contributed by atoms with Crippen molar-refractivity contribution >= 4 is 35.0 Å². The van der Waals surface area contributed by atoms with Gasteiger partial charge in [0.25, 0.3) is 11.8 Å². The molecule has 0 aliphatic heterocycles. The third-order valence-corrected chi connectivity index (χ3v) is 4.58. The van der Waals surface area contributed by atoms with Crippen LogP contribution in [-0.4, -0.2) is 24.4 Å². The Bertz CT molecular complexity index is 804. The van der Waals surface area contributed by atoms with Gasteiger partial charge in [0.2, 0.25) is 0 Å². The fourth-order valence-electron chi connectivity index (χ4n) is 2.44. The molecule has 2 aromatic rings. The van der Waals surface area contributed by atoms with Gasteiger partial charge in [0.05, 0.1) is 0 Å². The molecule has 4 nitrogen and oxygen atoms in total. The van der Waals surface area contributed by atoms with Crippen LogP contribution in [0.3, 0.4) is 0 Å². The molecule has 1 saturated carbocycles. The molecule has 1 fully saturated rings. The molecular formula is C19H18Cl2N2O2. The molecule has 0 spiro atoms. The maximum atomic E-state index is 12.3. The summed E-state index contributed by atoms with van der Waals surface area (Å²) in [6.45, 7) is 0.443. The van der Waals surface area contributed by atoms with E-state index in [4.69, 9.17) is 23.2 Å². The lowest BCUT2D eigenvalue weighted by molar-refractivity contribution is 0.0951. The van der Waals surface area contributed by atoms with Crippen LogP contribution in [0.1, 0.15) is 39.1 Å². The zero-order chi connectivity index (χ0) is 17.8. The largest absolute Gasteiger partial charge is 0.352 e. The van der Waals surface area contributed by atoms with Gasteiger partial charge in [-0.1, -0.05) is 35.3 Å².